The van der Waals surface area contributed by atoms with Gasteiger partial charge in [-0.25, -0.2) is 0 Å². The normalized spacial score (nSPS) is 23.0. The van der Waals surface area contributed by atoms with E-state index in [-0.39, 0.29) is 6.10 Å². The van der Waals surface area contributed by atoms with Crippen LogP contribution in [0, 0.1) is 5.92 Å². The lowest BCUT2D eigenvalue weighted by atomic mass is 10.1. The van der Waals surface area contributed by atoms with Crippen LogP contribution in [0.25, 0.3) is 0 Å². The smallest absolute Gasteiger partial charge is 0.403 e. The number of hydrogen-bond donors (Lipinski definition) is 1. The maximum absolute atomic E-state index is 12.4. The van der Waals surface area contributed by atoms with Crippen molar-refractivity contribution in [2.24, 2.45) is 5.92 Å². The molecule has 0 saturated carbocycles. The highest BCUT2D eigenvalue weighted by atomic mass is 19.4. The van der Waals surface area contributed by atoms with Gasteiger partial charge in [-0.3, -0.25) is 4.79 Å². The molecule has 1 saturated heterocycles. The standard InChI is InChI=1S/C10H16F3NO3/c1-14(5-7-3-2-4-17-7)6-8(9(15)16)10(11,12)13/h7-8H,2-6H2,1H3,(H,15,16). The Labute approximate surface area is 97.3 Å². The quantitative estimate of drug-likeness (QED) is 0.806. The lowest BCUT2D eigenvalue weighted by Crippen LogP contribution is -2.42. The van der Waals surface area contributed by atoms with Crippen LogP contribution in [0.15, 0.2) is 0 Å². The van der Waals surface area contributed by atoms with E-state index >= 15 is 0 Å². The highest BCUT2D eigenvalue weighted by Crippen LogP contribution is 2.27. The second-order valence-electron chi connectivity index (χ2n) is 4.29. The lowest BCUT2D eigenvalue weighted by Gasteiger charge is -2.25. The first-order valence-corrected chi connectivity index (χ1v) is 5.40. The third kappa shape index (κ3) is 4.51. The monoisotopic (exact) mass is 255 g/mol. The molecule has 2 atom stereocenters. The minimum absolute atomic E-state index is 0.0809. The van der Waals surface area contributed by atoms with Crippen LogP contribution in [-0.2, 0) is 9.53 Å². The van der Waals surface area contributed by atoms with Gasteiger partial charge in [0.15, 0.2) is 5.92 Å². The predicted molar refractivity (Wildman–Crippen MR) is 53.7 cm³/mol. The molecule has 0 aromatic rings. The van der Waals surface area contributed by atoms with E-state index in [0.717, 1.165) is 12.8 Å². The summed E-state index contributed by atoms with van der Waals surface area (Å²) in [7, 11) is 1.48. The maximum Gasteiger partial charge on any atom is 0.403 e. The molecule has 0 aromatic heterocycles. The largest absolute Gasteiger partial charge is 0.481 e. The van der Waals surface area contributed by atoms with Crippen LogP contribution in [0.2, 0.25) is 0 Å². The van der Waals surface area contributed by atoms with E-state index in [1.165, 1.54) is 11.9 Å². The van der Waals surface area contributed by atoms with Crippen molar-refractivity contribution in [3.63, 3.8) is 0 Å². The fraction of sp³-hybridized carbons (Fsp3) is 0.900. The minimum atomic E-state index is -4.71. The summed E-state index contributed by atoms with van der Waals surface area (Å²) in [6, 6.07) is 0. The SMILES string of the molecule is CN(CC1CCCO1)CC(C(=O)O)C(F)(F)F. The molecule has 0 aliphatic carbocycles. The van der Waals surface area contributed by atoms with E-state index in [4.69, 9.17) is 9.84 Å². The molecule has 0 aromatic carbocycles. The third-order valence-corrected chi connectivity index (χ3v) is 2.73. The molecule has 7 heteroatoms. The molecule has 2 unspecified atom stereocenters. The van der Waals surface area contributed by atoms with Gasteiger partial charge < -0.3 is 14.7 Å². The number of ether oxygens (including phenoxy) is 1. The number of halogens is 3. The van der Waals surface area contributed by atoms with Crippen molar-refractivity contribution in [2.75, 3.05) is 26.7 Å². The molecule has 1 aliphatic heterocycles. The molecular formula is C10H16F3NO3. The highest BCUT2D eigenvalue weighted by Gasteiger charge is 2.45. The van der Waals surface area contributed by atoms with E-state index < -0.39 is 24.6 Å². The van der Waals surface area contributed by atoms with Crippen LogP contribution >= 0.6 is 0 Å². The zero-order valence-corrected chi connectivity index (χ0v) is 9.54. The molecule has 1 fully saturated rings. The zero-order valence-electron chi connectivity index (χ0n) is 9.54. The fourth-order valence-corrected chi connectivity index (χ4v) is 1.84. The van der Waals surface area contributed by atoms with Crippen LogP contribution in [0.3, 0.4) is 0 Å². The molecular weight excluding hydrogens is 239 g/mol. The molecule has 0 spiro atoms. The molecule has 0 radical (unpaired) electrons. The van der Waals surface area contributed by atoms with Crippen molar-refractivity contribution in [2.45, 2.75) is 25.1 Å². The van der Waals surface area contributed by atoms with Crippen LogP contribution < -0.4 is 0 Å². The third-order valence-electron chi connectivity index (χ3n) is 2.73. The molecule has 1 N–H and O–H groups in total. The number of carbonyl (C=O) groups is 1. The van der Waals surface area contributed by atoms with Gasteiger partial charge in [-0.05, 0) is 19.9 Å². The summed E-state index contributed by atoms with van der Waals surface area (Å²) in [5.41, 5.74) is 0. The number of alkyl halides is 3. The maximum atomic E-state index is 12.4. The summed E-state index contributed by atoms with van der Waals surface area (Å²) in [4.78, 5) is 11.9. The molecule has 4 nitrogen and oxygen atoms in total. The van der Waals surface area contributed by atoms with Gasteiger partial charge in [0.1, 0.15) is 0 Å². The molecule has 0 amide bonds. The fourth-order valence-electron chi connectivity index (χ4n) is 1.84. The molecule has 1 aliphatic rings. The Morgan fingerprint density at radius 1 is 1.59 bits per heavy atom. The van der Waals surface area contributed by atoms with Gasteiger partial charge in [0.05, 0.1) is 6.10 Å². The van der Waals surface area contributed by atoms with Crippen molar-refractivity contribution >= 4 is 5.97 Å². The minimum Gasteiger partial charge on any atom is -0.481 e. The number of rotatable bonds is 5. The Morgan fingerprint density at radius 2 is 2.24 bits per heavy atom. The summed E-state index contributed by atoms with van der Waals surface area (Å²) >= 11 is 0. The van der Waals surface area contributed by atoms with E-state index in [9.17, 15) is 18.0 Å². The van der Waals surface area contributed by atoms with Crippen LogP contribution in [0.4, 0.5) is 13.2 Å². The predicted octanol–water partition coefficient (Wildman–Crippen LogP) is 1.36. The Bertz CT molecular complexity index is 264. The van der Waals surface area contributed by atoms with Crippen LogP contribution in [0.1, 0.15) is 12.8 Å². The van der Waals surface area contributed by atoms with E-state index in [1.807, 2.05) is 0 Å². The van der Waals surface area contributed by atoms with E-state index in [2.05, 4.69) is 0 Å². The molecule has 1 rings (SSSR count). The van der Waals surface area contributed by atoms with E-state index in [0.29, 0.717) is 13.2 Å². The van der Waals surface area contributed by atoms with Gasteiger partial charge >= 0.3 is 12.1 Å². The summed E-state index contributed by atoms with van der Waals surface area (Å²) in [5, 5.41) is 8.54. The molecule has 1 heterocycles. The first-order valence-electron chi connectivity index (χ1n) is 5.40. The summed E-state index contributed by atoms with van der Waals surface area (Å²) in [6.07, 6.45) is -3.08. The number of carboxylic acids is 1. The van der Waals surface area contributed by atoms with Crippen molar-refractivity contribution in [3.8, 4) is 0 Å². The number of aliphatic carboxylic acids is 1. The van der Waals surface area contributed by atoms with Gasteiger partial charge in [-0.2, -0.15) is 13.2 Å². The molecule has 0 bridgehead atoms. The van der Waals surface area contributed by atoms with Gasteiger partial charge in [-0.15, -0.1) is 0 Å². The average molecular weight is 255 g/mol. The Hall–Kier alpha value is -0.820. The molecule has 17 heavy (non-hydrogen) atoms. The van der Waals surface area contributed by atoms with Crippen molar-refractivity contribution in [1.82, 2.24) is 4.90 Å². The highest BCUT2D eigenvalue weighted by molar-refractivity contribution is 5.71. The van der Waals surface area contributed by atoms with E-state index in [1.54, 1.807) is 0 Å². The van der Waals surface area contributed by atoms with Crippen molar-refractivity contribution < 1.29 is 27.8 Å². The average Bonchev–Trinajstić information content (AvgIpc) is 2.64. The number of likely N-dealkylation sites (N-methyl/N-ethyl adjacent to an activating group) is 1. The second-order valence-corrected chi connectivity index (χ2v) is 4.29. The summed E-state index contributed by atoms with van der Waals surface area (Å²) < 4.78 is 42.5. The second kappa shape index (κ2) is 5.68. The Morgan fingerprint density at radius 3 is 2.65 bits per heavy atom. The summed E-state index contributed by atoms with van der Waals surface area (Å²) in [6.45, 7) is 0.415. The lowest BCUT2D eigenvalue weighted by molar-refractivity contribution is -0.196. The number of hydrogen-bond acceptors (Lipinski definition) is 3. The molecule has 100 valence electrons. The number of carboxylic acid groups (broad SMARTS) is 1. The first-order chi connectivity index (χ1) is 7.80. The zero-order chi connectivity index (χ0) is 13.1. The Balaban J connectivity index is 2.46. The van der Waals surface area contributed by atoms with Crippen LogP contribution in [0.5, 0.6) is 0 Å². The van der Waals surface area contributed by atoms with Gasteiger partial charge in [0, 0.05) is 19.7 Å². The van der Waals surface area contributed by atoms with Gasteiger partial charge in [0.2, 0.25) is 0 Å². The topological polar surface area (TPSA) is 49.8 Å². The van der Waals surface area contributed by atoms with Crippen molar-refractivity contribution in [3.05, 3.63) is 0 Å². The van der Waals surface area contributed by atoms with Gasteiger partial charge in [-0.1, -0.05) is 0 Å². The first kappa shape index (κ1) is 14.2. The van der Waals surface area contributed by atoms with Crippen LogP contribution in [-0.4, -0.2) is 55.0 Å². The van der Waals surface area contributed by atoms with Crippen molar-refractivity contribution in [1.29, 1.82) is 0 Å². The van der Waals surface area contributed by atoms with Gasteiger partial charge in [0.25, 0.3) is 0 Å². The summed E-state index contributed by atoms with van der Waals surface area (Å²) in [5.74, 6) is -4.18. The Kier molecular flexibility index (Phi) is 4.76. The number of nitrogens with zero attached hydrogens (tertiary/aromatic N) is 1.